The highest BCUT2D eigenvalue weighted by molar-refractivity contribution is 5.41. The molecule has 13 heavy (non-hydrogen) atoms. The smallest absolute Gasteiger partial charge is 0.250 e. The Kier molecular flexibility index (Phi) is 2.06. The first-order valence-corrected chi connectivity index (χ1v) is 4.27. The van der Waals surface area contributed by atoms with Crippen molar-refractivity contribution >= 4 is 5.69 Å². The summed E-state index contributed by atoms with van der Waals surface area (Å²) in [5, 5.41) is 3.26. The lowest BCUT2D eigenvalue weighted by atomic mass is 10.2. The van der Waals surface area contributed by atoms with Gasteiger partial charge >= 0.3 is 0 Å². The van der Waals surface area contributed by atoms with Crippen LogP contribution in [0, 0.1) is 0 Å². The van der Waals surface area contributed by atoms with Crippen molar-refractivity contribution in [2.45, 2.75) is 6.04 Å². The van der Waals surface area contributed by atoms with Gasteiger partial charge in [0.15, 0.2) is 0 Å². The molecule has 0 radical (unpaired) electrons. The quantitative estimate of drug-likeness (QED) is 0.706. The van der Waals surface area contributed by atoms with E-state index in [1.165, 1.54) is 0 Å². The Bertz CT molecular complexity index is 355. The third kappa shape index (κ3) is 1.72. The van der Waals surface area contributed by atoms with Gasteiger partial charge in [-0.2, -0.15) is 0 Å². The van der Waals surface area contributed by atoms with E-state index in [-0.39, 0.29) is 5.56 Å². The van der Waals surface area contributed by atoms with Gasteiger partial charge in [0.1, 0.15) is 0 Å². The van der Waals surface area contributed by atoms with Crippen LogP contribution < -0.4 is 10.9 Å². The van der Waals surface area contributed by atoms with E-state index >= 15 is 0 Å². The topological polar surface area (TPSA) is 43.3 Å². The summed E-state index contributed by atoms with van der Waals surface area (Å²) in [5.41, 5.74) is 0.978. The van der Waals surface area contributed by atoms with Crippen LogP contribution in [0.4, 0.5) is 5.69 Å². The van der Waals surface area contributed by atoms with Gasteiger partial charge in [-0.05, 0) is 6.07 Å². The molecule has 1 aliphatic rings. The van der Waals surface area contributed by atoms with Crippen molar-refractivity contribution < 1.29 is 4.74 Å². The number of rotatable bonds is 2. The minimum absolute atomic E-state index is 0.00964. The van der Waals surface area contributed by atoms with Crippen LogP contribution in [0.5, 0.6) is 0 Å². The molecule has 2 heterocycles. The lowest BCUT2D eigenvalue weighted by Crippen LogP contribution is -2.40. The predicted molar refractivity (Wildman–Crippen MR) is 49.9 cm³/mol. The molecule has 1 aliphatic heterocycles. The molecule has 2 rings (SSSR count). The summed E-state index contributed by atoms with van der Waals surface area (Å²) in [6.07, 6.45) is 1.79. The lowest BCUT2D eigenvalue weighted by molar-refractivity contribution is 0.0211. The number of nitrogens with zero attached hydrogens (tertiary/aromatic N) is 1. The Morgan fingerprint density at radius 3 is 2.85 bits per heavy atom. The van der Waals surface area contributed by atoms with Crippen molar-refractivity contribution in [2.24, 2.45) is 7.05 Å². The number of aromatic nitrogens is 1. The zero-order valence-electron chi connectivity index (χ0n) is 7.49. The number of aryl methyl sites for hydroxylation is 1. The molecule has 1 aromatic rings. The normalized spacial score (nSPS) is 16.7. The molecule has 0 unspecified atom stereocenters. The highest BCUT2D eigenvalue weighted by Crippen LogP contribution is 2.09. The average Bonchev–Trinajstić information content (AvgIpc) is 2.04. The monoisotopic (exact) mass is 180 g/mol. The molecule has 0 saturated carbocycles. The van der Waals surface area contributed by atoms with Crippen LogP contribution in [0.15, 0.2) is 23.1 Å². The predicted octanol–water partition coefficient (Wildman–Crippen LogP) is 0.196. The second-order valence-electron chi connectivity index (χ2n) is 3.25. The van der Waals surface area contributed by atoms with Crippen molar-refractivity contribution in [2.75, 3.05) is 18.5 Å². The highest BCUT2D eigenvalue weighted by atomic mass is 16.5. The van der Waals surface area contributed by atoms with E-state index in [1.807, 2.05) is 0 Å². The Morgan fingerprint density at radius 1 is 1.54 bits per heavy atom. The molecule has 0 amide bonds. The molecular formula is C9H12N2O2. The van der Waals surface area contributed by atoms with E-state index in [4.69, 9.17) is 4.74 Å². The molecule has 0 atom stereocenters. The largest absolute Gasteiger partial charge is 0.377 e. The molecule has 1 saturated heterocycles. The molecule has 1 aromatic heterocycles. The first kappa shape index (κ1) is 8.31. The van der Waals surface area contributed by atoms with Crippen molar-refractivity contribution in [1.29, 1.82) is 0 Å². The highest BCUT2D eigenvalue weighted by Gasteiger charge is 2.17. The van der Waals surface area contributed by atoms with Crippen LogP contribution in [0.25, 0.3) is 0 Å². The molecule has 1 fully saturated rings. The van der Waals surface area contributed by atoms with Crippen LogP contribution in [0.1, 0.15) is 0 Å². The standard InChI is InChI=1S/C9H12N2O2/c1-11-4-7(2-3-9(11)12)10-8-5-13-6-8/h2-4,8,10H,5-6H2,1H3. The number of hydrogen-bond donors (Lipinski definition) is 1. The zero-order valence-corrected chi connectivity index (χ0v) is 7.49. The second-order valence-corrected chi connectivity index (χ2v) is 3.25. The van der Waals surface area contributed by atoms with Crippen LogP contribution in [-0.2, 0) is 11.8 Å². The third-order valence-electron chi connectivity index (χ3n) is 2.09. The van der Waals surface area contributed by atoms with Gasteiger partial charge in [0, 0.05) is 19.3 Å². The Hall–Kier alpha value is -1.29. The summed E-state index contributed by atoms with van der Waals surface area (Å²) >= 11 is 0. The van der Waals surface area contributed by atoms with E-state index in [1.54, 1.807) is 29.9 Å². The summed E-state index contributed by atoms with van der Waals surface area (Å²) < 4.78 is 6.59. The maximum absolute atomic E-state index is 11.1. The third-order valence-corrected chi connectivity index (χ3v) is 2.09. The zero-order chi connectivity index (χ0) is 9.26. The molecule has 1 N–H and O–H groups in total. The fraction of sp³-hybridized carbons (Fsp3) is 0.444. The van der Waals surface area contributed by atoms with Crippen LogP contribution >= 0.6 is 0 Å². The van der Waals surface area contributed by atoms with Gasteiger partial charge in [0.25, 0.3) is 0 Å². The summed E-state index contributed by atoms with van der Waals surface area (Å²) in [4.78, 5) is 11.1. The summed E-state index contributed by atoms with van der Waals surface area (Å²) in [6.45, 7) is 1.51. The maximum atomic E-state index is 11.1. The van der Waals surface area contributed by atoms with E-state index in [0.29, 0.717) is 6.04 Å². The molecule has 4 nitrogen and oxygen atoms in total. The molecule has 0 bridgehead atoms. The molecule has 0 spiro atoms. The number of pyridine rings is 1. The Balaban J connectivity index is 2.11. The molecule has 0 aromatic carbocycles. The van der Waals surface area contributed by atoms with Gasteiger partial charge in [-0.25, -0.2) is 0 Å². The van der Waals surface area contributed by atoms with Gasteiger partial charge in [0.2, 0.25) is 5.56 Å². The SMILES string of the molecule is Cn1cc(NC2COC2)ccc1=O. The average molecular weight is 180 g/mol. The van der Waals surface area contributed by atoms with Crippen LogP contribution in [-0.4, -0.2) is 23.8 Å². The minimum Gasteiger partial charge on any atom is -0.377 e. The van der Waals surface area contributed by atoms with Crippen molar-refractivity contribution in [3.63, 3.8) is 0 Å². The van der Waals surface area contributed by atoms with E-state index < -0.39 is 0 Å². The first-order chi connectivity index (χ1) is 6.25. The first-order valence-electron chi connectivity index (χ1n) is 4.27. The van der Waals surface area contributed by atoms with Gasteiger partial charge < -0.3 is 14.6 Å². The molecule has 70 valence electrons. The Labute approximate surface area is 76.1 Å². The Morgan fingerprint density at radius 2 is 2.31 bits per heavy atom. The van der Waals surface area contributed by atoms with Crippen molar-refractivity contribution in [3.05, 3.63) is 28.7 Å². The fourth-order valence-corrected chi connectivity index (χ4v) is 1.23. The molecule has 0 aliphatic carbocycles. The van der Waals surface area contributed by atoms with Gasteiger partial charge in [-0.3, -0.25) is 4.79 Å². The summed E-state index contributed by atoms with van der Waals surface area (Å²) in [7, 11) is 1.74. The second kappa shape index (κ2) is 3.22. The number of nitrogens with one attached hydrogen (secondary N) is 1. The fourth-order valence-electron chi connectivity index (χ4n) is 1.23. The number of anilines is 1. The van der Waals surface area contributed by atoms with Gasteiger partial charge in [-0.15, -0.1) is 0 Å². The van der Waals surface area contributed by atoms with E-state index in [0.717, 1.165) is 18.9 Å². The van der Waals surface area contributed by atoms with Crippen molar-refractivity contribution in [1.82, 2.24) is 4.57 Å². The van der Waals surface area contributed by atoms with E-state index in [2.05, 4.69) is 5.32 Å². The molecular weight excluding hydrogens is 168 g/mol. The van der Waals surface area contributed by atoms with Crippen molar-refractivity contribution in [3.8, 4) is 0 Å². The van der Waals surface area contributed by atoms with Crippen LogP contribution in [0.2, 0.25) is 0 Å². The van der Waals surface area contributed by atoms with E-state index in [9.17, 15) is 4.79 Å². The minimum atomic E-state index is 0.00964. The van der Waals surface area contributed by atoms with Gasteiger partial charge in [-0.1, -0.05) is 0 Å². The maximum Gasteiger partial charge on any atom is 0.250 e. The lowest BCUT2D eigenvalue weighted by Gasteiger charge is -2.27. The number of hydrogen-bond acceptors (Lipinski definition) is 3. The van der Waals surface area contributed by atoms with Crippen LogP contribution in [0.3, 0.4) is 0 Å². The summed E-state index contributed by atoms with van der Waals surface area (Å²) in [5.74, 6) is 0. The van der Waals surface area contributed by atoms with Gasteiger partial charge in [0.05, 0.1) is 24.9 Å². The molecule has 4 heteroatoms. The number of ether oxygens (including phenoxy) is 1. The summed E-state index contributed by atoms with van der Waals surface area (Å²) in [6, 6.07) is 3.75.